The van der Waals surface area contributed by atoms with Gasteiger partial charge in [-0.3, -0.25) is 4.79 Å². The number of thiocarbonyl (C=S) groups is 1. The van der Waals surface area contributed by atoms with E-state index in [0.717, 1.165) is 0 Å². The second kappa shape index (κ2) is 7.66. The summed E-state index contributed by atoms with van der Waals surface area (Å²) in [6, 6.07) is -0.302. The first-order valence-corrected chi connectivity index (χ1v) is 4.64. The van der Waals surface area contributed by atoms with E-state index in [9.17, 15) is 4.79 Å². The smallest absolute Gasteiger partial charge is 0.246 e. The maximum atomic E-state index is 11.1. The van der Waals surface area contributed by atoms with Gasteiger partial charge in [0.05, 0.1) is 24.2 Å². The van der Waals surface area contributed by atoms with Crippen molar-refractivity contribution in [1.82, 2.24) is 5.32 Å². The molecule has 14 heavy (non-hydrogen) atoms. The van der Waals surface area contributed by atoms with Crippen molar-refractivity contribution in [3.63, 3.8) is 0 Å². The predicted octanol–water partition coefficient (Wildman–Crippen LogP) is -0.560. The van der Waals surface area contributed by atoms with Crippen molar-refractivity contribution in [2.75, 3.05) is 26.9 Å². The SMILES string of the molecule is COCCOCC(=O)NC(C)C(N)=S. The lowest BCUT2D eigenvalue weighted by Crippen LogP contribution is -2.42. The Balaban J connectivity index is 3.50. The Morgan fingerprint density at radius 2 is 2.21 bits per heavy atom. The largest absolute Gasteiger partial charge is 0.392 e. The molecular formula is C8H16N2O3S. The first kappa shape index (κ1) is 13.3. The van der Waals surface area contributed by atoms with Crippen molar-refractivity contribution in [2.45, 2.75) is 13.0 Å². The van der Waals surface area contributed by atoms with Crippen LogP contribution in [0.4, 0.5) is 0 Å². The van der Waals surface area contributed by atoms with Gasteiger partial charge in [0.1, 0.15) is 6.61 Å². The van der Waals surface area contributed by atoms with Gasteiger partial charge >= 0.3 is 0 Å². The lowest BCUT2D eigenvalue weighted by atomic mass is 10.3. The summed E-state index contributed by atoms with van der Waals surface area (Å²) in [5, 5.41) is 2.59. The molecule has 0 spiro atoms. The Bertz CT molecular complexity index is 199. The van der Waals surface area contributed by atoms with Crippen LogP contribution in [0, 0.1) is 0 Å². The number of carbonyl (C=O) groups excluding carboxylic acids is 1. The molecule has 0 saturated carbocycles. The molecule has 1 amide bonds. The molecule has 0 fully saturated rings. The van der Waals surface area contributed by atoms with Crippen LogP contribution >= 0.6 is 12.2 Å². The molecule has 0 aliphatic heterocycles. The van der Waals surface area contributed by atoms with E-state index >= 15 is 0 Å². The summed E-state index contributed by atoms with van der Waals surface area (Å²) in [5.74, 6) is -0.235. The average molecular weight is 220 g/mol. The molecular weight excluding hydrogens is 204 g/mol. The number of ether oxygens (including phenoxy) is 2. The maximum absolute atomic E-state index is 11.1. The number of nitrogens with two attached hydrogens (primary N) is 1. The first-order valence-electron chi connectivity index (χ1n) is 4.23. The summed E-state index contributed by atoms with van der Waals surface area (Å²) in [5.41, 5.74) is 5.32. The fourth-order valence-electron chi connectivity index (χ4n) is 0.661. The van der Waals surface area contributed by atoms with Gasteiger partial charge in [0.25, 0.3) is 0 Å². The highest BCUT2D eigenvalue weighted by Gasteiger charge is 2.08. The fraction of sp³-hybridized carbons (Fsp3) is 0.750. The van der Waals surface area contributed by atoms with Gasteiger partial charge in [0.15, 0.2) is 0 Å². The van der Waals surface area contributed by atoms with E-state index in [2.05, 4.69) is 5.32 Å². The molecule has 82 valence electrons. The second-order valence-corrected chi connectivity index (χ2v) is 3.21. The van der Waals surface area contributed by atoms with Crippen molar-refractivity contribution in [3.8, 4) is 0 Å². The van der Waals surface area contributed by atoms with Crippen LogP contribution in [0.3, 0.4) is 0 Å². The van der Waals surface area contributed by atoms with E-state index < -0.39 is 0 Å². The van der Waals surface area contributed by atoms with E-state index in [4.69, 9.17) is 27.4 Å². The van der Waals surface area contributed by atoms with Gasteiger partial charge in [-0.1, -0.05) is 12.2 Å². The minimum atomic E-state index is -0.302. The lowest BCUT2D eigenvalue weighted by Gasteiger charge is -2.11. The summed E-state index contributed by atoms with van der Waals surface area (Å²) in [4.78, 5) is 11.4. The number of methoxy groups -OCH3 is 1. The standard InChI is InChI=1S/C8H16N2O3S/c1-6(8(9)14)10-7(11)5-13-4-3-12-2/h6H,3-5H2,1-2H3,(H2,9,14)(H,10,11). The van der Waals surface area contributed by atoms with Gasteiger partial charge in [0.2, 0.25) is 5.91 Å². The van der Waals surface area contributed by atoms with Gasteiger partial charge in [-0.25, -0.2) is 0 Å². The van der Waals surface area contributed by atoms with Crippen LogP contribution in [0.25, 0.3) is 0 Å². The van der Waals surface area contributed by atoms with Crippen LogP contribution in [0.15, 0.2) is 0 Å². The molecule has 0 rings (SSSR count). The molecule has 6 heteroatoms. The molecule has 0 aliphatic carbocycles. The number of hydrogen-bond donors (Lipinski definition) is 2. The predicted molar refractivity (Wildman–Crippen MR) is 57.1 cm³/mol. The van der Waals surface area contributed by atoms with Crippen molar-refractivity contribution >= 4 is 23.1 Å². The molecule has 0 aromatic carbocycles. The van der Waals surface area contributed by atoms with E-state index in [-0.39, 0.29) is 23.5 Å². The zero-order valence-corrected chi connectivity index (χ0v) is 9.23. The molecule has 0 bridgehead atoms. The average Bonchev–Trinajstić information content (AvgIpc) is 2.12. The molecule has 0 aromatic heterocycles. The molecule has 5 nitrogen and oxygen atoms in total. The van der Waals surface area contributed by atoms with Gasteiger partial charge in [-0.15, -0.1) is 0 Å². The molecule has 1 unspecified atom stereocenters. The second-order valence-electron chi connectivity index (χ2n) is 2.74. The van der Waals surface area contributed by atoms with Crippen molar-refractivity contribution < 1.29 is 14.3 Å². The Kier molecular flexibility index (Phi) is 7.27. The molecule has 0 radical (unpaired) electrons. The Labute approximate surface area is 88.9 Å². The van der Waals surface area contributed by atoms with E-state index in [0.29, 0.717) is 13.2 Å². The normalized spacial score (nSPS) is 12.1. The highest BCUT2D eigenvalue weighted by molar-refractivity contribution is 7.80. The minimum absolute atomic E-state index is 0.00366. The monoisotopic (exact) mass is 220 g/mol. The van der Waals surface area contributed by atoms with Crippen LogP contribution in [-0.2, 0) is 14.3 Å². The zero-order chi connectivity index (χ0) is 11.0. The summed E-state index contributed by atoms with van der Waals surface area (Å²) in [6.07, 6.45) is 0. The van der Waals surface area contributed by atoms with Crippen LogP contribution < -0.4 is 11.1 Å². The third-order valence-corrected chi connectivity index (χ3v) is 1.82. The van der Waals surface area contributed by atoms with Gasteiger partial charge < -0.3 is 20.5 Å². The van der Waals surface area contributed by atoms with Crippen LogP contribution in [0.1, 0.15) is 6.92 Å². The summed E-state index contributed by atoms with van der Waals surface area (Å²) in [6.45, 7) is 2.58. The molecule has 1 atom stereocenters. The Morgan fingerprint density at radius 3 is 2.71 bits per heavy atom. The van der Waals surface area contributed by atoms with Gasteiger partial charge in [-0.05, 0) is 6.92 Å². The first-order chi connectivity index (χ1) is 6.57. The molecule has 0 aliphatic rings. The number of carbonyl (C=O) groups is 1. The Morgan fingerprint density at radius 1 is 1.57 bits per heavy atom. The third-order valence-electron chi connectivity index (χ3n) is 1.47. The maximum Gasteiger partial charge on any atom is 0.246 e. The number of nitrogens with one attached hydrogen (secondary N) is 1. The number of rotatable bonds is 7. The van der Waals surface area contributed by atoms with Crippen LogP contribution in [0.2, 0.25) is 0 Å². The molecule has 3 N–H and O–H groups in total. The zero-order valence-electron chi connectivity index (χ0n) is 8.41. The summed E-state index contributed by atoms with van der Waals surface area (Å²) in [7, 11) is 1.57. The van der Waals surface area contributed by atoms with E-state index in [1.807, 2.05) is 0 Å². The number of amides is 1. The van der Waals surface area contributed by atoms with Crippen molar-refractivity contribution in [3.05, 3.63) is 0 Å². The minimum Gasteiger partial charge on any atom is -0.392 e. The van der Waals surface area contributed by atoms with E-state index in [1.54, 1.807) is 14.0 Å². The number of hydrogen-bond acceptors (Lipinski definition) is 4. The highest BCUT2D eigenvalue weighted by atomic mass is 32.1. The molecule has 0 aromatic rings. The topological polar surface area (TPSA) is 73.6 Å². The lowest BCUT2D eigenvalue weighted by molar-refractivity contribution is -0.126. The highest BCUT2D eigenvalue weighted by Crippen LogP contribution is 1.83. The third kappa shape index (κ3) is 6.76. The molecule has 0 saturated heterocycles. The van der Waals surface area contributed by atoms with Crippen LogP contribution in [-0.4, -0.2) is 43.9 Å². The van der Waals surface area contributed by atoms with Gasteiger partial charge in [0, 0.05) is 7.11 Å². The quantitative estimate of drug-likeness (QED) is 0.444. The summed E-state index contributed by atoms with van der Waals surface area (Å²) >= 11 is 4.69. The van der Waals surface area contributed by atoms with E-state index in [1.165, 1.54) is 0 Å². The van der Waals surface area contributed by atoms with Crippen molar-refractivity contribution in [2.24, 2.45) is 5.73 Å². The van der Waals surface area contributed by atoms with Gasteiger partial charge in [-0.2, -0.15) is 0 Å². The van der Waals surface area contributed by atoms with Crippen LogP contribution in [0.5, 0.6) is 0 Å². The molecule has 0 heterocycles. The summed E-state index contributed by atoms with van der Waals surface area (Å²) < 4.78 is 9.74. The Hall–Kier alpha value is -0.720. The van der Waals surface area contributed by atoms with Crippen molar-refractivity contribution in [1.29, 1.82) is 0 Å². The fourth-order valence-corrected chi connectivity index (χ4v) is 0.720.